The van der Waals surface area contributed by atoms with Gasteiger partial charge in [-0.3, -0.25) is 4.79 Å². The van der Waals surface area contributed by atoms with Crippen molar-refractivity contribution in [3.05, 3.63) is 11.4 Å². The van der Waals surface area contributed by atoms with Gasteiger partial charge in [0.05, 0.1) is 0 Å². The van der Waals surface area contributed by atoms with Crippen LogP contribution in [0, 0.1) is 6.57 Å². The summed E-state index contributed by atoms with van der Waals surface area (Å²) in [7, 11) is 0. The summed E-state index contributed by atoms with van der Waals surface area (Å²) in [4.78, 5) is 16.2. The standard InChI is InChI=1S/C9H15N3O/c1-10-8-9(13)11-4-7-12-5-2-3-6-12/h2-8H2,(H,11,13). The predicted molar refractivity (Wildman–Crippen MR) is 50.2 cm³/mol. The molecule has 0 aromatic heterocycles. The molecule has 0 aliphatic carbocycles. The van der Waals surface area contributed by atoms with E-state index in [1.54, 1.807) is 0 Å². The molecule has 1 rings (SSSR count). The molecule has 1 amide bonds. The van der Waals surface area contributed by atoms with Crippen molar-refractivity contribution in [2.45, 2.75) is 12.8 Å². The molecule has 1 fully saturated rings. The van der Waals surface area contributed by atoms with Gasteiger partial charge >= 0.3 is 0 Å². The Morgan fingerprint density at radius 2 is 2.15 bits per heavy atom. The third kappa shape index (κ3) is 3.90. The van der Waals surface area contributed by atoms with Crippen molar-refractivity contribution in [3.8, 4) is 0 Å². The minimum atomic E-state index is -0.158. The number of carbonyl (C=O) groups excluding carboxylic acids is 1. The van der Waals surface area contributed by atoms with Crippen LogP contribution in [0.1, 0.15) is 12.8 Å². The molecule has 1 aliphatic rings. The number of likely N-dealkylation sites (tertiary alicyclic amines) is 1. The first kappa shape index (κ1) is 10.0. The smallest absolute Gasteiger partial charge is 0.300 e. The fourth-order valence-electron chi connectivity index (χ4n) is 1.49. The van der Waals surface area contributed by atoms with Gasteiger partial charge in [0, 0.05) is 13.1 Å². The number of carbonyl (C=O) groups is 1. The maximum atomic E-state index is 10.9. The molecule has 13 heavy (non-hydrogen) atoms. The number of nitrogens with one attached hydrogen (secondary N) is 1. The molecule has 0 bridgehead atoms. The van der Waals surface area contributed by atoms with Crippen LogP contribution in [0.25, 0.3) is 4.85 Å². The molecule has 1 N–H and O–H groups in total. The predicted octanol–water partition coefficient (Wildman–Crippen LogP) is 0.118. The summed E-state index contributed by atoms with van der Waals surface area (Å²) in [6, 6.07) is 0. The fourth-order valence-corrected chi connectivity index (χ4v) is 1.49. The van der Waals surface area contributed by atoms with E-state index in [4.69, 9.17) is 6.57 Å². The van der Waals surface area contributed by atoms with Crippen LogP contribution in [-0.2, 0) is 4.79 Å². The van der Waals surface area contributed by atoms with Crippen LogP contribution in [-0.4, -0.2) is 43.5 Å². The van der Waals surface area contributed by atoms with Gasteiger partial charge in [0.15, 0.2) is 0 Å². The Morgan fingerprint density at radius 3 is 2.77 bits per heavy atom. The van der Waals surface area contributed by atoms with Gasteiger partial charge in [-0.25, -0.2) is 6.57 Å². The van der Waals surface area contributed by atoms with Crippen molar-refractivity contribution in [2.75, 3.05) is 32.7 Å². The Kier molecular flexibility index (Phi) is 4.27. The second kappa shape index (κ2) is 5.55. The molecule has 0 radical (unpaired) electrons. The third-order valence-electron chi connectivity index (χ3n) is 2.17. The summed E-state index contributed by atoms with van der Waals surface area (Å²) >= 11 is 0. The van der Waals surface area contributed by atoms with E-state index in [9.17, 15) is 4.79 Å². The number of hydrogen-bond acceptors (Lipinski definition) is 2. The third-order valence-corrected chi connectivity index (χ3v) is 2.17. The van der Waals surface area contributed by atoms with Crippen molar-refractivity contribution in [1.29, 1.82) is 0 Å². The molecule has 0 unspecified atom stereocenters. The molecule has 4 heteroatoms. The summed E-state index contributed by atoms with van der Waals surface area (Å²) in [6.45, 7) is 10.3. The maximum absolute atomic E-state index is 10.9. The second-order valence-corrected chi connectivity index (χ2v) is 3.21. The maximum Gasteiger partial charge on any atom is 0.300 e. The van der Waals surface area contributed by atoms with Gasteiger partial charge in [-0.2, -0.15) is 0 Å². The first-order valence-electron chi connectivity index (χ1n) is 4.65. The molecule has 1 heterocycles. The number of nitrogens with zero attached hydrogens (tertiary/aromatic N) is 2. The minimum Gasteiger partial charge on any atom is -0.348 e. The quantitative estimate of drug-likeness (QED) is 0.625. The van der Waals surface area contributed by atoms with Crippen molar-refractivity contribution in [2.24, 2.45) is 0 Å². The average molecular weight is 181 g/mol. The van der Waals surface area contributed by atoms with E-state index >= 15 is 0 Å². The lowest BCUT2D eigenvalue weighted by atomic mass is 10.4. The molecule has 0 atom stereocenters. The van der Waals surface area contributed by atoms with Crippen molar-refractivity contribution < 1.29 is 4.79 Å². The van der Waals surface area contributed by atoms with Gasteiger partial charge in [-0.1, -0.05) is 0 Å². The molecule has 72 valence electrons. The van der Waals surface area contributed by atoms with Crippen LogP contribution in [0.15, 0.2) is 0 Å². The summed E-state index contributed by atoms with van der Waals surface area (Å²) in [6.07, 6.45) is 2.55. The zero-order chi connectivity index (χ0) is 9.52. The van der Waals surface area contributed by atoms with Crippen LogP contribution in [0.3, 0.4) is 0 Å². The zero-order valence-corrected chi connectivity index (χ0v) is 7.75. The first-order chi connectivity index (χ1) is 6.33. The van der Waals surface area contributed by atoms with E-state index in [0.717, 1.165) is 19.6 Å². The summed E-state index contributed by atoms with van der Waals surface area (Å²) in [5.41, 5.74) is 0. The molecule has 0 aromatic carbocycles. The van der Waals surface area contributed by atoms with Crippen LogP contribution in [0.2, 0.25) is 0 Å². The molecule has 4 nitrogen and oxygen atoms in total. The summed E-state index contributed by atoms with van der Waals surface area (Å²) < 4.78 is 0. The number of hydrogen-bond donors (Lipinski definition) is 1. The highest BCUT2D eigenvalue weighted by Crippen LogP contribution is 2.05. The SMILES string of the molecule is [C-]#[N+]CC(=O)NCCN1CCCC1. The Hall–Kier alpha value is -1.08. The van der Waals surface area contributed by atoms with Crippen LogP contribution < -0.4 is 5.32 Å². The highest BCUT2D eigenvalue weighted by Gasteiger charge is 2.11. The monoisotopic (exact) mass is 181 g/mol. The Morgan fingerprint density at radius 1 is 1.46 bits per heavy atom. The van der Waals surface area contributed by atoms with Crippen LogP contribution >= 0.6 is 0 Å². The lowest BCUT2D eigenvalue weighted by Crippen LogP contribution is -2.34. The molecule has 1 aliphatic heterocycles. The van der Waals surface area contributed by atoms with Gasteiger partial charge in [0.1, 0.15) is 0 Å². The van der Waals surface area contributed by atoms with E-state index < -0.39 is 0 Å². The van der Waals surface area contributed by atoms with Crippen molar-refractivity contribution in [1.82, 2.24) is 10.2 Å². The number of amides is 1. The van der Waals surface area contributed by atoms with Gasteiger partial charge in [-0.05, 0) is 25.9 Å². The summed E-state index contributed by atoms with van der Waals surface area (Å²) in [5, 5.41) is 2.72. The van der Waals surface area contributed by atoms with Gasteiger partial charge in [-0.15, -0.1) is 0 Å². The van der Waals surface area contributed by atoms with Gasteiger partial charge in [0.2, 0.25) is 0 Å². The fraction of sp³-hybridized carbons (Fsp3) is 0.778. The van der Waals surface area contributed by atoms with E-state index in [-0.39, 0.29) is 12.5 Å². The molecule has 1 saturated heterocycles. The van der Waals surface area contributed by atoms with Crippen molar-refractivity contribution >= 4 is 5.91 Å². The van der Waals surface area contributed by atoms with Gasteiger partial charge < -0.3 is 15.1 Å². The Bertz CT molecular complexity index is 203. The van der Waals surface area contributed by atoms with Crippen LogP contribution in [0.4, 0.5) is 0 Å². The Labute approximate surface area is 78.7 Å². The molecule has 0 spiro atoms. The Balaban J connectivity index is 2.00. The lowest BCUT2D eigenvalue weighted by Gasteiger charge is -2.13. The highest BCUT2D eigenvalue weighted by molar-refractivity contribution is 5.79. The topological polar surface area (TPSA) is 36.7 Å². The molecule has 0 aromatic rings. The van der Waals surface area contributed by atoms with E-state index in [1.807, 2.05) is 0 Å². The second-order valence-electron chi connectivity index (χ2n) is 3.21. The van der Waals surface area contributed by atoms with E-state index in [2.05, 4.69) is 15.1 Å². The average Bonchev–Trinajstić information content (AvgIpc) is 2.57. The largest absolute Gasteiger partial charge is 0.348 e. The molecular weight excluding hydrogens is 166 g/mol. The number of rotatable bonds is 4. The van der Waals surface area contributed by atoms with E-state index in [0.29, 0.717) is 6.54 Å². The highest BCUT2D eigenvalue weighted by atomic mass is 16.1. The van der Waals surface area contributed by atoms with Crippen molar-refractivity contribution in [3.63, 3.8) is 0 Å². The zero-order valence-electron chi connectivity index (χ0n) is 7.75. The molecular formula is C9H15N3O. The minimum absolute atomic E-state index is 0.0417. The lowest BCUT2D eigenvalue weighted by molar-refractivity contribution is -0.119. The first-order valence-corrected chi connectivity index (χ1v) is 4.65. The van der Waals surface area contributed by atoms with E-state index in [1.165, 1.54) is 12.8 Å². The van der Waals surface area contributed by atoms with Crippen LogP contribution in [0.5, 0.6) is 0 Å². The molecule has 0 saturated carbocycles. The summed E-state index contributed by atoms with van der Waals surface area (Å²) in [5.74, 6) is -0.158. The normalized spacial score (nSPS) is 16.8. The van der Waals surface area contributed by atoms with Gasteiger partial charge in [0.25, 0.3) is 12.5 Å².